The van der Waals surface area contributed by atoms with Crippen LogP contribution >= 0.6 is 0 Å². The van der Waals surface area contributed by atoms with Crippen molar-refractivity contribution in [2.45, 2.75) is 63.3 Å². The van der Waals surface area contributed by atoms with Crippen LogP contribution in [-0.2, 0) is 4.79 Å². The zero-order valence-corrected chi connectivity index (χ0v) is 19.6. The van der Waals surface area contributed by atoms with Crippen LogP contribution in [0, 0.1) is 29.5 Å². The highest BCUT2D eigenvalue weighted by Crippen LogP contribution is 2.46. The lowest BCUT2D eigenvalue weighted by atomic mass is 9.77. The van der Waals surface area contributed by atoms with Gasteiger partial charge in [0.2, 0.25) is 11.7 Å². The van der Waals surface area contributed by atoms with Gasteiger partial charge in [0.25, 0.3) is 0 Å². The highest BCUT2D eigenvalue weighted by molar-refractivity contribution is 5.75. The molecule has 2 heterocycles. The molecule has 3 atom stereocenters. The minimum Gasteiger partial charge on any atom is -0.391 e. The van der Waals surface area contributed by atoms with Crippen LogP contribution < -0.4 is 16.4 Å². The van der Waals surface area contributed by atoms with Crippen molar-refractivity contribution < 1.29 is 27.5 Å². The smallest absolute Gasteiger partial charge is 0.391 e. The molecular formula is C23H34F4N6O2. The third kappa shape index (κ3) is 6.72. The monoisotopic (exact) mass is 502 g/mol. The van der Waals surface area contributed by atoms with Crippen molar-refractivity contribution in [3.05, 3.63) is 12.1 Å². The molecule has 5 N–H and O–H groups in total. The molecule has 2 saturated carbocycles. The number of alkyl halides is 3. The Morgan fingerprint density at radius 3 is 2.31 bits per heavy atom. The third-order valence-electron chi connectivity index (χ3n) is 7.68. The molecular weight excluding hydrogens is 468 g/mol. The summed E-state index contributed by atoms with van der Waals surface area (Å²) in [7, 11) is 0. The summed E-state index contributed by atoms with van der Waals surface area (Å²) in [5.74, 6) is -2.05. The van der Waals surface area contributed by atoms with E-state index in [1.165, 1.54) is 6.33 Å². The zero-order valence-electron chi connectivity index (χ0n) is 19.6. The normalized spacial score (nSPS) is 28.9. The van der Waals surface area contributed by atoms with Crippen LogP contribution in [0.15, 0.2) is 6.33 Å². The van der Waals surface area contributed by atoms with Gasteiger partial charge in [0.1, 0.15) is 6.33 Å². The van der Waals surface area contributed by atoms with Crippen molar-refractivity contribution in [1.82, 2.24) is 14.9 Å². The van der Waals surface area contributed by atoms with Crippen LogP contribution in [0.25, 0.3) is 0 Å². The van der Waals surface area contributed by atoms with Crippen molar-refractivity contribution >= 4 is 17.5 Å². The predicted octanol–water partition coefficient (Wildman–Crippen LogP) is 2.75. The Morgan fingerprint density at radius 1 is 1.11 bits per heavy atom. The first kappa shape index (κ1) is 25.9. The van der Waals surface area contributed by atoms with Crippen LogP contribution in [-0.4, -0.2) is 70.4 Å². The Labute approximate surface area is 202 Å². The van der Waals surface area contributed by atoms with E-state index in [0.29, 0.717) is 44.8 Å². The van der Waals surface area contributed by atoms with E-state index in [-0.39, 0.29) is 48.9 Å². The number of nitrogens with two attached hydrogens (primary N) is 1. The molecule has 0 aromatic carbocycles. The van der Waals surface area contributed by atoms with E-state index >= 15 is 4.39 Å². The van der Waals surface area contributed by atoms with E-state index in [2.05, 4.69) is 20.6 Å². The molecule has 196 valence electrons. The molecule has 3 fully saturated rings. The second-order valence-corrected chi connectivity index (χ2v) is 10.2. The number of aromatic nitrogens is 2. The number of carbonyl (C=O) groups is 1. The number of aliphatic hydroxyl groups is 1. The number of halogens is 4. The Balaban J connectivity index is 1.34. The number of aliphatic hydroxyl groups excluding tert-OH is 1. The van der Waals surface area contributed by atoms with Crippen LogP contribution in [0.3, 0.4) is 0 Å². The molecule has 2 aliphatic carbocycles. The summed E-state index contributed by atoms with van der Waals surface area (Å²) in [6.45, 7) is 1.30. The topological polar surface area (TPSA) is 116 Å². The largest absolute Gasteiger partial charge is 0.391 e. The molecule has 3 aliphatic rings. The molecule has 8 nitrogen and oxygen atoms in total. The lowest BCUT2D eigenvalue weighted by molar-refractivity contribution is -0.184. The fourth-order valence-electron chi connectivity index (χ4n) is 5.51. The number of piperidine rings is 1. The van der Waals surface area contributed by atoms with E-state index in [1.54, 1.807) is 4.90 Å². The number of likely N-dealkylation sites (tertiary alicyclic amines) is 1. The van der Waals surface area contributed by atoms with Crippen LogP contribution in [0.2, 0.25) is 0 Å². The number of rotatable bonds is 9. The first-order valence-corrected chi connectivity index (χ1v) is 12.4. The lowest BCUT2D eigenvalue weighted by Gasteiger charge is -2.36. The summed E-state index contributed by atoms with van der Waals surface area (Å²) < 4.78 is 54.4. The molecule has 1 aliphatic heterocycles. The number of carbonyl (C=O) groups excluding carboxylic acids is 1. The molecule has 1 aromatic heterocycles. The molecule has 0 bridgehead atoms. The van der Waals surface area contributed by atoms with Crippen LogP contribution in [0.5, 0.6) is 0 Å². The number of anilines is 2. The predicted molar refractivity (Wildman–Crippen MR) is 122 cm³/mol. The molecule has 0 spiro atoms. The molecule has 0 unspecified atom stereocenters. The number of hydrogen-bond donors (Lipinski definition) is 4. The fraction of sp³-hybridized carbons (Fsp3) is 0.783. The first-order chi connectivity index (χ1) is 16.6. The van der Waals surface area contributed by atoms with Crippen molar-refractivity contribution in [1.29, 1.82) is 0 Å². The van der Waals surface area contributed by atoms with Gasteiger partial charge in [-0.25, -0.2) is 9.97 Å². The van der Waals surface area contributed by atoms with Gasteiger partial charge in [-0.05, 0) is 63.3 Å². The van der Waals surface area contributed by atoms with E-state index in [4.69, 9.17) is 5.73 Å². The molecule has 1 amide bonds. The van der Waals surface area contributed by atoms with Crippen LogP contribution in [0.1, 0.15) is 44.9 Å². The van der Waals surface area contributed by atoms with Crippen molar-refractivity contribution in [2.75, 3.05) is 36.8 Å². The van der Waals surface area contributed by atoms with Gasteiger partial charge >= 0.3 is 6.18 Å². The second-order valence-electron chi connectivity index (χ2n) is 10.2. The maximum atomic E-state index is 15.2. The van der Waals surface area contributed by atoms with Crippen molar-refractivity contribution in [3.63, 3.8) is 0 Å². The number of nitrogens with zero attached hydrogens (tertiary/aromatic N) is 3. The maximum Gasteiger partial charge on any atom is 0.391 e. The highest BCUT2D eigenvalue weighted by atomic mass is 19.4. The number of β-amino-alcohol motifs (C(OH)–C–C–N with tert-alkyl or cyclic N) is 1. The van der Waals surface area contributed by atoms with Gasteiger partial charge in [-0.15, -0.1) is 0 Å². The second kappa shape index (κ2) is 10.8. The Morgan fingerprint density at radius 2 is 1.74 bits per heavy atom. The number of nitrogens with one attached hydrogen (secondary N) is 2. The average Bonchev–Trinajstić information content (AvgIpc) is 3.63. The quantitative estimate of drug-likeness (QED) is 0.384. The summed E-state index contributed by atoms with van der Waals surface area (Å²) in [5.41, 5.74) is 5.21. The molecule has 4 rings (SSSR count). The molecule has 12 heteroatoms. The average molecular weight is 503 g/mol. The molecule has 1 aromatic rings. The van der Waals surface area contributed by atoms with Crippen LogP contribution in [0.4, 0.5) is 29.2 Å². The SMILES string of the molecule is NC(=O)CN1CC[C@H](CNc2ncnc(N[C@H](C3CC3)C3CCC(C(F)(F)F)CC3)c2F)[C@@H](O)C1. The first-order valence-electron chi connectivity index (χ1n) is 12.4. The molecule has 1 saturated heterocycles. The zero-order chi connectivity index (χ0) is 25.2. The van der Waals surface area contributed by atoms with Gasteiger partial charge in [0.05, 0.1) is 18.6 Å². The number of amides is 1. The summed E-state index contributed by atoms with van der Waals surface area (Å²) >= 11 is 0. The van der Waals surface area contributed by atoms with Crippen molar-refractivity contribution in [3.8, 4) is 0 Å². The Kier molecular flexibility index (Phi) is 7.99. The summed E-state index contributed by atoms with van der Waals surface area (Å²) in [6.07, 6.45) is 0.112. The molecule has 35 heavy (non-hydrogen) atoms. The van der Waals surface area contributed by atoms with Gasteiger partial charge < -0.3 is 21.5 Å². The van der Waals surface area contributed by atoms with E-state index in [1.807, 2.05) is 0 Å². The van der Waals surface area contributed by atoms with E-state index in [9.17, 15) is 23.1 Å². The van der Waals surface area contributed by atoms with Crippen molar-refractivity contribution in [2.24, 2.45) is 29.4 Å². The minimum atomic E-state index is -4.15. The highest BCUT2D eigenvalue weighted by Gasteiger charge is 2.45. The van der Waals surface area contributed by atoms with E-state index in [0.717, 1.165) is 12.8 Å². The Bertz CT molecular complexity index is 876. The lowest BCUT2D eigenvalue weighted by Crippen LogP contribution is -2.48. The maximum absolute atomic E-state index is 15.2. The fourth-order valence-corrected chi connectivity index (χ4v) is 5.51. The molecule has 0 radical (unpaired) electrons. The van der Waals surface area contributed by atoms with Gasteiger partial charge in [0, 0.05) is 25.0 Å². The van der Waals surface area contributed by atoms with E-state index < -0.39 is 29.9 Å². The summed E-state index contributed by atoms with van der Waals surface area (Å²) in [6, 6.07) is -0.113. The third-order valence-corrected chi connectivity index (χ3v) is 7.68. The minimum absolute atomic E-state index is 0.0181. The Hall–Kier alpha value is -2.21. The number of hydrogen-bond acceptors (Lipinski definition) is 7. The standard InChI is InChI=1S/C23H34F4N6O2/c24-19-21(29-9-15-7-8-33(10-17(15)34)11-18(28)35)30-12-31-22(19)32-20(13-1-2-13)14-3-5-16(6-4-14)23(25,26)27/h12-17,20,34H,1-11H2,(H2,28,35)(H2,29,30,31,32)/t14?,15-,16?,17+,20-/m1/s1. The number of primary amides is 1. The summed E-state index contributed by atoms with van der Waals surface area (Å²) in [4.78, 5) is 21.0. The van der Waals surface area contributed by atoms with Gasteiger partial charge in [0.15, 0.2) is 11.6 Å². The van der Waals surface area contributed by atoms with Gasteiger partial charge in [-0.2, -0.15) is 17.6 Å². The van der Waals surface area contributed by atoms with Gasteiger partial charge in [-0.1, -0.05) is 0 Å². The summed E-state index contributed by atoms with van der Waals surface area (Å²) in [5, 5.41) is 16.6. The van der Waals surface area contributed by atoms with Gasteiger partial charge in [-0.3, -0.25) is 9.69 Å².